The largest absolute Gasteiger partial charge is 0.481 e. The summed E-state index contributed by atoms with van der Waals surface area (Å²) in [5.74, 6) is 0.821. The van der Waals surface area contributed by atoms with Crippen molar-refractivity contribution in [1.82, 2.24) is 14.9 Å². The van der Waals surface area contributed by atoms with Gasteiger partial charge in [-0.25, -0.2) is 9.97 Å². The molecule has 110 valence electrons. The number of carbonyl (C=O) groups is 1. The first-order valence-corrected chi connectivity index (χ1v) is 7.27. The van der Waals surface area contributed by atoms with Gasteiger partial charge in [-0.05, 0) is 44.2 Å². The van der Waals surface area contributed by atoms with E-state index in [-0.39, 0.29) is 12.3 Å². The van der Waals surface area contributed by atoms with Gasteiger partial charge >= 0.3 is 5.97 Å². The zero-order valence-corrected chi connectivity index (χ0v) is 12.2. The van der Waals surface area contributed by atoms with Crippen molar-refractivity contribution in [3.05, 3.63) is 23.8 Å². The smallest absolute Gasteiger partial charge is 0.303 e. The van der Waals surface area contributed by atoms with Gasteiger partial charge in [-0.15, -0.1) is 0 Å². The average molecular weight is 277 g/mol. The molecule has 2 atom stereocenters. The molecule has 5 nitrogen and oxygen atoms in total. The number of aromatic nitrogens is 2. The summed E-state index contributed by atoms with van der Waals surface area (Å²) in [6.45, 7) is 6.82. The van der Waals surface area contributed by atoms with Crippen LogP contribution in [0.1, 0.15) is 37.7 Å². The highest BCUT2D eigenvalue weighted by Gasteiger charge is 2.26. The highest BCUT2D eigenvalue weighted by atomic mass is 16.4. The summed E-state index contributed by atoms with van der Waals surface area (Å²) in [5.41, 5.74) is 1.05. The van der Waals surface area contributed by atoms with Gasteiger partial charge in [0.05, 0.1) is 5.69 Å². The maximum absolute atomic E-state index is 10.8. The van der Waals surface area contributed by atoms with Crippen molar-refractivity contribution in [3.63, 3.8) is 0 Å². The van der Waals surface area contributed by atoms with E-state index in [1.807, 2.05) is 13.0 Å². The van der Waals surface area contributed by atoms with Crippen LogP contribution in [0.3, 0.4) is 0 Å². The molecule has 1 fully saturated rings. The van der Waals surface area contributed by atoms with Crippen LogP contribution in [-0.4, -0.2) is 39.0 Å². The normalized spacial score (nSPS) is 21.6. The van der Waals surface area contributed by atoms with Crippen LogP contribution in [0.15, 0.2) is 12.3 Å². The van der Waals surface area contributed by atoms with E-state index in [2.05, 4.69) is 21.8 Å². The molecule has 2 unspecified atom stereocenters. The summed E-state index contributed by atoms with van der Waals surface area (Å²) in [4.78, 5) is 21.8. The number of rotatable bonds is 5. The fourth-order valence-electron chi connectivity index (χ4n) is 2.96. The predicted octanol–water partition coefficient (Wildman–Crippen LogP) is 2.11. The maximum Gasteiger partial charge on any atom is 0.303 e. The van der Waals surface area contributed by atoms with E-state index in [4.69, 9.17) is 5.11 Å². The monoisotopic (exact) mass is 277 g/mol. The molecule has 0 amide bonds. The van der Waals surface area contributed by atoms with Gasteiger partial charge in [0.15, 0.2) is 0 Å². The Morgan fingerprint density at radius 1 is 1.60 bits per heavy atom. The molecule has 0 spiro atoms. The Hall–Kier alpha value is -1.49. The molecule has 1 aliphatic rings. The molecule has 0 aromatic carbocycles. The lowest BCUT2D eigenvalue weighted by Crippen LogP contribution is -2.38. The van der Waals surface area contributed by atoms with E-state index < -0.39 is 5.97 Å². The summed E-state index contributed by atoms with van der Waals surface area (Å²) in [6.07, 6.45) is 4.34. The molecular weight excluding hydrogens is 254 g/mol. The lowest BCUT2D eigenvalue weighted by molar-refractivity contribution is -0.138. The van der Waals surface area contributed by atoms with Crippen LogP contribution < -0.4 is 0 Å². The highest BCUT2D eigenvalue weighted by molar-refractivity contribution is 5.67. The van der Waals surface area contributed by atoms with Crippen molar-refractivity contribution in [2.24, 2.45) is 11.8 Å². The predicted molar refractivity (Wildman–Crippen MR) is 76.2 cm³/mol. The Balaban J connectivity index is 1.91. The minimum absolute atomic E-state index is 0.238. The van der Waals surface area contributed by atoms with Crippen LogP contribution in [0.2, 0.25) is 0 Å². The molecular formula is C15H23N3O2. The molecule has 0 saturated carbocycles. The van der Waals surface area contributed by atoms with Crippen molar-refractivity contribution >= 4 is 5.97 Å². The van der Waals surface area contributed by atoms with Crippen molar-refractivity contribution in [2.45, 2.75) is 39.7 Å². The highest BCUT2D eigenvalue weighted by Crippen LogP contribution is 2.26. The molecule has 1 aromatic heterocycles. The van der Waals surface area contributed by atoms with Gasteiger partial charge in [-0.2, -0.15) is 0 Å². The summed E-state index contributed by atoms with van der Waals surface area (Å²) < 4.78 is 0. The van der Waals surface area contributed by atoms with Crippen LogP contribution in [0.5, 0.6) is 0 Å². The number of likely N-dealkylation sites (tertiary alicyclic amines) is 1. The van der Waals surface area contributed by atoms with Gasteiger partial charge in [0.1, 0.15) is 5.82 Å². The van der Waals surface area contributed by atoms with E-state index in [0.717, 1.165) is 44.0 Å². The second-order valence-electron chi connectivity index (χ2n) is 5.81. The zero-order chi connectivity index (χ0) is 14.5. The Morgan fingerprint density at radius 3 is 3.10 bits per heavy atom. The summed E-state index contributed by atoms with van der Waals surface area (Å²) in [6, 6.07) is 1.96. The van der Waals surface area contributed by atoms with Gasteiger partial charge in [0.2, 0.25) is 0 Å². The summed E-state index contributed by atoms with van der Waals surface area (Å²) >= 11 is 0. The van der Waals surface area contributed by atoms with Crippen LogP contribution in [-0.2, 0) is 11.3 Å². The van der Waals surface area contributed by atoms with Gasteiger partial charge in [0, 0.05) is 25.7 Å². The van der Waals surface area contributed by atoms with Gasteiger partial charge in [0.25, 0.3) is 0 Å². The van der Waals surface area contributed by atoms with E-state index in [9.17, 15) is 4.79 Å². The molecule has 0 aliphatic carbocycles. The molecule has 0 radical (unpaired) electrons. The third-order valence-electron chi connectivity index (χ3n) is 4.06. The number of hydrogen-bond donors (Lipinski definition) is 1. The second kappa shape index (κ2) is 6.79. The Bertz CT molecular complexity index is 464. The van der Waals surface area contributed by atoms with E-state index in [0.29, 0.717) is 5.92 Å². The number of hydrogen-bond acceptors (Lipinski definition) is 4. The van der Waals surface area contributed by atoms with Crippen molar-refractivity contribution in [3.8, 4) is 0 Å². The number of carboxylic acid groups (broad SMARTS) is 1. The minimum Gasteiger partial charge on any atom is -0.481 e. The SMILES string of the molecule is Cc1nccc(CN2CCCC(C(C)CC(=O)O)C2)n1. The van der Waals surface area contributed by atoms with Gasteiger partial charge in [-0.3, -0.25) is 9.69 Å². The molecule has 1 aliphatic heterocycles. The Labute approximate surface area is 120 Å². The van der Waals surface area contributed by atoms with Crippen LogP contribution in [0.4, 0.5) is 0 Å². The number of aliphatic carboxylic acids is 1. The van der Waals surface area contributed by atoms with Crippen molar-refractivity contribution in [1.29, 1.82) is 0 Å². The van der Waals surface area contributed by atoms with E-state index >= 15 is 0 Å². The van der Waals surface area contributed by atoms with Crippen molar-refractivity contribution < 1.29 is 9.90 Å². The van der Waals surface area contributed by atoms with Crippen molar-refractivity contribution in [2.75, 3.05) is 13.1 Å². The molecule has 0 bridgehead atoms. The van der Waals surface area contributed by atoms with E-state index in [1.165, 1.54) is 0 Å². The number of piperidine rings is 1. The summed E-state index contributed by atoms with van der Waals surface area (Å²) in [5, 5.41) is 8.92. The molecule has 1 N–H and O–H groups in total. The fourth-order valence-corrected chi connectivity index (χ4v) is 2.96. The topological polar surface area (TPSA) is 66.3 Å². The molecule has 2 rings (SSSR count). The minimum atomic E-state index is -0.693. The Morgan fingerprint density at radius 2 is 2.40 bits per heavy atom. The standard InChI is InChI=1S/C15H23N3O2/c1-11(8-15(19)20)13-4-3-7-18(9-13)10-14-5-6-16-12(2)17-14/h5-6,11,13H,3-4,7-10H2,1-2H3,(H,19,20). The maximum atomic E-state index is 10.8. The fraction of sp³-hybridized carbons (Fsp3) is 0.667. The third-order valence-corrected chi connectivity index (χ3v) is 4.06. The third kappa shape index (κ3) is 4.27. The quantitative estimate of drug-likeness (QED) is 0.893. The Kier molecular flexibility index (Phi) is 5.06. The molecule has 5 heteroatoms. The summed E-state index contributed by atoms with van der Waals surface area (Å²) in [7, 11) is 0. The van der Waals surface area contributed by atoms with Crippen LogP contribution >= 0.6 is 0 Å². The lowest BCUT2D eigenvalue weighted by atomic mass is 9.84. The first kappa shape index (κ1) is 14.9. The van der Waals surface area contributed by atoms with Gasteiger partial charge < -0.3 is 5.11 Å². The van der Waals surface area contributed by atoms with Crippen LogP contribution in [0, 0.1) is 18.8 Å². The van der Waals surface area contributed by atoms with Gasteiger partial charge in [-0.1, -0.05) is 6.92 Å². The first-order chi connectivity index (χ1) is 9.54. The number of aryl methyl sites for hydroxylation is 1. The van der Waals surface area contributed by atoms with E-state index in [1.54, 1.807) is 6.20 Å². The van der Waals surface area contributed by atoms with Crippen LogP contribution in [0.25, 0.3) is 0 Å². The zero-order valence-electron chi connectivity index (χ0n) is 12.2. The molecule has 20 heavy (non-hydrogen) atoms. The number of carboxylic acids is 1. The molecule has 1 saturated heterocycles. The average Bonchev–Trinajstić information content (AvgIpc) is 2.38. The second-order valence-corrected chi connectivity index (χ2v) is 5.81. The molecule has 2 heterocycles. The lowest BCUT2D eigenvalue weighted by Gasteiger charge is -2.35. The number of nitrogens with zero attached hydrogens (tertiary/aromatic N) is 3. The first-order valence-electron chi connectivity index (χ1n) is 7.27. The molecule has 1 aromatic rings.